The molecule has 2 rings (SSSR count). The molecule has 0 spiro atoms. The van der Waals surface area contributed by atoms with E-state index < -0.39 is 0 Å². The Labute approximate surface area is 70.6 Å². The highest BCUT2D eigenvalue weighted by atomic mass is 19.1. The lowest BCUT2D eigenvalue weighted by Crippen LogP contribution is -2.18. The first-order chi connectivity index (χ1) is 5.86. The van der Waals surface area contributed by atoms with E-state index in [1.54, 1.807) is 12.1 Å². The summed E-state index contributed by atoms with van der Waals surface area (Å²) in [4.78, 5) is 2.07. The molecule has 0 saturated carbocycles. The summed E-state index contributed by atoms with van der Waals surface area (Å²) in [7, 11) is 0. The molecule has 0 aromatic heterocycles. The Balaban J connectivity index is 2.17. The van der Waals surface area contributed by atoms with E-state index in [0.717, 1.165) is 18.8 Å². The molecule has 0 aliphatic carbocycles. The minimum atomic E-state index is -0.195. The number of ether oxygens (including phenoxy) is 1. The van der Waals surface area contributed by atoms with Crippen LogP contribution in [0.15, 0.2) is 24.3 Å². The molecular weight excluding hydrogens is 157 g/mol. The topological polar surface area (TPSA) is 12.5 Å². The van der Waals surface area contributed by atoms with E-state index in [9.17, 15) is 4.39 Å². The van der Waals surface area contributed by atoms with Gasteiger partial charge < -0.3 is 9.64 Å². The third kappa shape index (κ3) is 1.41. The van der Waals surface area contributed by atoms with Crippen molar-refractivity contribution in [3.63, 3.8) is 0 Å². The molecule has 1 aliphatic rings. The van der Waals surface area contributed by atoms with Gasteiger partial charge >= 0.3 is 0 Å². The van der Waals surface area contributed by atoms with E-state index in [0.29, 0.717) is 6.73 Å². The summed E-state index contributed by atoms with van der Waals surface area (Å²) in [5, 5.41) is 0. The van der Waals surface area contributed by atoms with Gasteiger partial charge in [-0.3, -0.25) is 0 Å². The first-order valence-electron chi connectivity index (χ1n) is 3.94. The fraction of sp³-hybridized carbons (Fsp3) is 0.333. The summed E-state index contributed by atoms with van der Waals surface area (Å²) in [6.07, 6.45) is 0. The van der Waals surface area contributed by atoms with Gasteiger partial charge in [0.2, 0.25) is 0 Å². The predicted molar refractivity (Wildman–Crippen MR) is 44.6 cm³/mol. The number of anilines is 1. The zero-order valence-electron chi connectivity index (χ0n) is 6.66. The first kappa shape index (κ1) is 7.55. The van der Waals surface area contributed by atoms with Gasteiger partial charge in [-0.1, -0.05) is 0 Å². The Morgan fingerprint density at radius 1 is 1.25 bits per heavy atom. The molecule has 0 unspecified atom stereocenters. The molecule has 0 N–H and O–H groups in total. The van der Waals surface area contributed by atoms with Crippen molar-refractivity contribution in [3.05, 3.63) is 30.1 Å². The van der Waals surface area contributed by atoms with Gasteiger partial charge in [-0.15, -0.1) is 0 Å². The normalized spacial score (nSPS) is 16.9. The number of hydrogen-bond donors (Lipinski definition) is 0. The van der Waals surface area contributed by atoms with Crippen molar-refractivity contribution < 1.29 is 9.13 Å². The molecule has 1 aromatic rings. The Morgan fingerprint density at radius 2 is 2.00 bits per heavy atom. The third-order valence-corrected chi connectivity index (χ3v) is 1.94. The molecule has 0 atom stereocenters. The highest BCUT2D eigenvalue weighted by Gasteiger charge is 2.11. The number of halogens is 1. The second-order valence-electron chi connectivity index (χ2n) is 2.78. The van der Waals surface area contributed by atoms with Crippen LogP contribution in [-0.2, 0) is 4.74 Å². The summed E-state index contributed by atoms with van der Waals surface area (Å²) in [6.45, 7) is 2.27. The molecule has 0 radical (unpaired) electrons. The molecule has 64 valence electrons. The summed E-state index contributed by atoms with van der Waals surface area (Å²) >= 11 is 0. The van der Waals surface area contributed by atoms with Crippen LogP contribution in [0.1, 0.15) is 0 Å². The summed E-state index contributed by atoms with van der Waals surface area (Å²) in [5.74, 6) is -0.195. The third-order valence-electron chi connectivity index (χ3n) is 1.94. The van der Waals surface area contributed by atoms with E-state index in [1.807, 2.05) is 0 Å². The van der Waals surface area contributed by atoms with Crippen LogP contribution in [0.4, 0.5) is 10.1 Å². The van der Waals surface area contributed by atoms with E-state index in [-0.39, 0.29) is 5.82 Å². The molecule has 1 heterocycles. The average molecular weight is 167 g/mol. The van der Waals surface area contributed by atoms with Crippen molar-refractivity contribution in [1.82, 2.24) is 0 Å². The zero-order valence-corrected chi connectivity index (χ0v) is 6.66. The maximum Gasteiger partial charge on any atom is 0.123 e. The maximum absolute atomic E-state index is 12.5. The molecule has 3 heteroatoms. The van der Waals surface area contributed by atoms with Gasteiger partial charge in [0.25, 0.3) is 0 Å². The fourth-order valence-electron chi connectivity index (χ4n) is 1.27. The van der Waals surface area contributed by atoms with Crippen LogP contribution < -0.4 is 4.90 Å². The Kier molecular flexibility index (Phi) is 1.96. The average Bonchev–Trinajstić information content (AvgIpc) is 2.58. The molecule has 0 amide bonds. The highest BCUT2D eigenvalue weighted by molar-refractivity contribution is 5.46. The van der Waals surface area contributed by atoms with Crippen molar-refractivity contribution in [1.29, 1.82) is 0 Å². The van der Waals surface area contributed by atoms with Gasteiger partial charge in [-0.05, 0) is 24.3 Å². The fourth-order valence-corrected chi connectivity index (χ4v) is 1.27. The standard InChI is InChI=1S/C9H10FNO/c10-8-1-3-9(4-2-8)11-5-6-12-7-11/h1-4H,5-7H2. The largest absolute Gasteiger partial charge is 0.359 e. The van der Waals surface area contributed by atoms with E-state index in [2.05, 4.69) is 4.90 Å². The quantitative estimate of drug-likeness (QED) is 0.630. The lowest BCUT2D eigenvalue weighted by Gasteiger charge is -2.14. The van der Waals surface area contributed by atoms with Crippen molar-refractivity contribution in [3.8, 4) is 0 Å². The molecule has 1 aliphatic heterocycles. The van der Waals surface area contributed by atoms with Gasteiger partial charge in [-0.2, -0.15) is 0 Å². The maximum atomic E-state index is 12.5. The number of hydrogen-bond acceptors (Lipinski definition) is 2. The monoisotopic (exact) mass is 167 g/mol. The SMILES string of the molecule is Fc1ccc(N2CCOC2)cc1. The minimum absolute atomic E-state index is 0.195. The van der Waals surface area contributed by atoms with Crippen molar-refractivity contribution in [2.75, 3.05) is 24.8 Å². The van der Waals surface area contributed by atoms with Crippen LogP contribution in [0.25, 0.3) is 0 Å². The van der Waals surface area contributed by atoms with E-state index >= 15 is 0 Å². The smallest absolute Gasteiger partial charge is 0.123 e. The molecule has 1 aromatic carbocycles. The van der Waals surface area contributed by atoms with Gasteiger partial charge in [0.1, 0.15) is 12.5 Å². The van der Waals surface area contributed by atoms with Crippen molar-refractivity contribution in [2.45, 2.75) is 0 Å². The predicted octanol–water partition coefficient (Wildman–Crippen LogP) is 1.62. The number of rotatable bonds is 1. The summed E-state index contributed by atoms with van der Waals surface area (Å²) < 4.78 is 17.7. The Morgan fingerprint density at radius 3 is 2.58 bits per heavy atom. The zero-order chi connectivity index (χ0) is 8.39. The van der Waals surface area contributed by atoms with Crippen LogP contribution >= 0.6 is 0 Å². The molecule has 1 saturated heterocycles. The van der Waals surface area contributed by atoms with E-state index in [4.69, 9.17) is 4.74 Å². The molecular formula is C9H10FNO. The molecule has 2 nitrogen and oxygen atoms in total. The van der Waals surface area contributed by atoms with Crippen molar-refractivity contribution in [2.24, 2.45) is 0 Å². The van der Waals surface area contributed by atoms with Gasteiger partial charge in [0.15, 0.2) is 0 Å². The van der Waals surface area contributed by atoms with Crippen LogP contribution in [-0.4, -0.2) is 19.9 Å². The second kappa shape index (κ2) is 3.11. The number of nitrogens with zero attached hydrogens (tertiary/aromatic N) is 1. The summed E-state index contributed by atoms with van der Waals surface area (Å²) in [6, 6.07) is 6.47. The van der Waals surface area contributed by atoms with Gasteiger partial charge in [0, 0.05) is 12.2 Å². The highest BCUT2D eigenvalue weighted by Crippen LogP contribution is 2.16. The molecule has 0 bridgehead atoms. The van der Waals surface area contributed by atoms with Crippen LogP contribution in [0.5, 0.6) is 0 Å². The van der Waals surface area contributed by atoms with Crippen LogP contribution in [0, 0.1) is 5.82 Å². The van der Waals surface area contributed by atoms with Crippen LogP contribution in [0.3, 0.4) is 0 Å². The lowest BCUT2D eigenvalue weighted by molar-refractivity contribution is 0.201. The molecule has 12 heavy (non-hydrogen) atoms. The lowest BCUT2D eigenvalue weighted by atomic mass is 10.3. The van der Waals surface area contributed by atoms with Crippen LogP contribution in [0.2, 0.25) is 0 Å². The van der Waals surface area contributed by atoms with Gasteiger partial charge in [-0.25, -0.2) is 4.39 Å². The second-order valence-corrected chi connectivity index (χ2v) is 2.78. The number of benzene rings is 1. The minimum Gasteiger partial charge on any atom is -0.359 e. The summed E-state index contributed by atoms with van der Waals surface area (Å²) in [5.41, 5.74) is 1.02. The van der Waals surface area contributed by atoms with Gasteiger partial charge in [0.05, 0.1) is 6.61 Å². The van der Waals surface area contributed by atoms with Crippen molar-refractivity contribution >= 4 is 5.69 Å². The Hall–Kier alpha value is -1.09. The Bertz CT molecular complexity index is 254. The van der Waals surface area contributed by atoms with E-state index in [1.165, 1.54) is 12.1 Å². The first-order valence-corrected chi connectivity index (χ1v) is 3.94. The molecule has 1 fully saturated rings.